The Hall–Kier alpha value is -2.47. The van der Waals surface area contributed by atoms with Crippen molar-refractivity contribution < 1.29 is 9.90 Å². The zero-order valence-electron chi connectivity index (χ0n) is 13.8. The Balaban J connectivity index is 2.32. The molecular weight excluding hydrogens is 324 g/mol. The molecule has 124 valence electrons. The minimum Gasteiger partial charge on any atom is -0.480 e. The number of carbonyl (C=O) groups is 1. The van der Waals surface area contributed by atoms with Gasteiger partial charge in [0.05, 0.1) is 5.39 Å². The highest BCUT2D eigenvalue weighted by atomic mass is 32.1. The summed E-state index contributed by atoms with van der Waals surface area (Å²) < 4.78 is 1.27. The number of carboxylic acid groups (broad SMARTS) is 1. The molecule has 0 bridgehead atoms. The lowest BCUT2D eigenvalue weighted by Gasteiger charge is -2.10. The first-order valence-corrected chi connectivity index (χ1v) is 8.60. The molecule has 0 aliphatic rings. The fourth-order valence-electron chi connectivity index (χ4n) is 2.95. The Morgan fingerprint density at radius 3 is 2.67 bits per heavy atom. The average molecular weight is 342 g/mol. The second-order valence-electron chi connectivity index (χ2n) is 5.81. The summed E-state index contributed by atoms with van der Waals surface area (Å²) in [4.78, 5) is 29.2. The normalized spacial score (nSPS) is 11.1. The van der Waals surface area contributed by atoms with E-state index < -0.39 is 5.97 Å². The Morgan fingerprint density at radius 1 is 1.29 bits per heavy atom. The van der Waals surface area contributed by atoms with Gasteiger partial charge in [-0.05, 0) is 25.0 Å². The molecule has 0 unspecified atom stereocenters. The Labute approximate surface area is 143 Å². The second kappa shape index (κ2) is 6.20. The van der Waals surface area contributed by atoms with Crippen LogP contribution in [0.15, 0.2) is 28.4 Å². The first kappa shape index (κ1) is 16.4. The summed E-state index contributed by atoms with van der Waals surface area (Å²) in [6.45, 7) is 5.53. The predicted molar refractivity (Wildman–Crippen MR) is 95.8 cm³/mol. The summed E-state index contributed by atoms with van der Waals surface area (Å²) in [5.74, 6) is -0.542. The molecular formula is C18H18N2O3S. The Kier molecular flexibility index (Phi) is 4.24. The van der Waals surface area contributed by atoms with Gasteiger partial charge < -0.3 is 5.11 Å². The quantitative estimate of drug-likeness (QED) is 0.789. The van der Waals surface area contributed by atoms with Gasteiger partial charge in [-0.15, -0.1) is 11.3 Å². The number of benzene rings is 1. The molecule has 0 amide bonds. The van der Waals surface area contributed by atoms with E-state index in [-0.39, 0.29) is 12.1 Å². The lowest BCUT2D eigenvalue weighted by Crippen LogP contribution is -2.28. The van der Waals surface area contributed by atoms with E-state index in [9.17, 15) is 9.59 Å². The van der Waals surface area contributed by atoms with E-state index in [2.05, 4.69) is 11.1 Å². The van der Waals surface area contributed by atoms with Crippen LogP contribution in [0.3, 0.4) is 0 Å². The van der Waals surface area contributed by atoms with E-state index in [4.69, 9.17) is 5.11 Å². The van der Waals surface area contributed by atoms with Crippen molar-refractivity contribution in [1.29, 1.82) is 0 Å². The van der Waals surface area contributed by atoms with E-state index >= 15 is 0 Å². The smallest absolute Gasteiger partial charge is 0.323 e. The van der Waals surface area contributed by atoms with Crippen LogP contribution in [0.1, 0.15) is 23.9 Å². The summed E-state index contributed by atoms with van der Waals surface area (Å²) in [7, 11) is 0. The van der Waals surface area contributed by atoms with Crippen LogP contribution >= 0.6 is 11.3 Å². The largest absolute Gasteiger partial charge is 0.480 e. The summed E-state index contributed by atoms with van der Waals surface area (Å²) in [5, 5.41) is 11.5. The minimum atomic E-state index is -1.05. The monoisotopic (exact) mass is 342 g/mol. The van der Waals surface area contributed by atoms with Crippen molar-refractivity contribution in [2.75, 3.05) is 0 Å². The standard InChI is InChI=1S/C18H18N2O3S/c1-4-14-19-17-16(18(23)20(14)8-15(21)22)13(9-24-17)12-6-5-10(2)7-11(12)3/h5-7,9H,4,8H2,1-3H3,(H,21,22). The third kappa shape index (κ3) is 2.73. The fraction of sp³-hybridized carbons (Fsp3) is 0.278. The first-order valence-electron chi connectivity index (χ1n) is 7.72. The first-order chi connectivity index (χ1) is 11.4. The summed E-state index contributed by atoms with van der Waals surface area (Å²) in [6.07, 6.45) is 0.509. The maximum absolute atomic E-state index is 12.9. The topological polar surface area (TPSA) is 72.2 Å². The van der Waals surface area contributed by atoms with Crippen LogP contribution in [0.4, 0.5) is 0 Å². The number of aliphatic carboxylic acids is 1. The zero-order valence-corrected chi connectivity index (χ0v) is 14.6. The number of nitrogens with zero attached hydrogens (tertiary/aromatic N) is 2. The SMILES string of the molecule is CCc1nc2scc(-c3ccc(C)cc3C)c2c(=O)n1CC(=O)O. The average Bonchev–Trinajstić information content (AvgIpc) is 2.93. The molecule has 0 saturated heterocycles. The van der Waals surface area contributed by atoms with Gasteiger partial charge in [-0.3, -0.25) is 14.2 Å². The molecule has 3 rings (SSSR count). The van der Waals surface area contributed by atoms with Gasteiger partial charge in [0.2, 0.25) is 0 Å². The van der Waals surface area contributed by atoms with E-state index in [1.54, 1.807) is 0 Å². The molecule has 0 spiro atoms. The highest BCUT2D eigenvalue weighted by Gasteiger charge is 2.18. The van der Waals surface area contributed by atoms with E-state index in [0.29, 0.717) is 22.5 Å². The molecule has 24 heavy (non-hydrogen) atoms. The molecule has 3 aromatic rings. The number of hydrogen-bond acceptors (Lipinski definition) is 4. The minimum absolute atomic E-state index is 0.282. The number of aromatic nitrogens is 2. The number of rotatable bonds is 4. The Morgan fingerprint density at radius 2 is 2.04 bits per heavy atom. The number of hydrogen-bond donors (Lipinski definition) is 1. The molecule has 0 atom stereocenters. The van der Waals surface area contributed by atoms with Gasteiger partial charge in [0.1, 0.15) is 17.2 Å². The van der Waals surface area contributed by atoms with Crippen LogP contribution in [-0.2, 0) is 17.8 Å². The molecule has 6 heteroatoms. The van der Waals surface area contributed by atoms with Crippen molar-refractivity contribution in [1.82, 2.24) is 9.55 Å². The van der Waals surface area contributed by atoms with Crippen LogP contribution in [0.2, 0.25) is 0 Å². The molecule has 1 aromatic carbocycles. The number of thiophene rings is 1. The van der Waals surface area contributed by atoms with E-state index in [0.717, 1.165) is 22.3 Å². The molecule has 0 aliphatic carbocycles. The molecule has 5 nitrogen and oxygen atoms in total. The number of carboxylic acids is 1. The molecule has 1 N–H and O–H groups in total. The second-order valence-corrected chi connectivity index (χ2v) is 6.67. The molecule has 0 fully saturated rings. The maximum atomic E-state index is 12.9. The molecule has 2 aromatic heterocycles. The Bertz CT molecular complexity index is 1000. The lowest BCUT2D eigenvalue weighted by molar-refractivity contribution is -0.137. The van der Waals surface area contributed by atoms with Crippen molar-refractivity contribution in [3.05, 3.63) is 50.9 Å². The van der Waals surface area contributed by atoms with Crippen molar-refractivity contribution in [2.45, 2.75) is 33.7 Å². The molecule has 0 radical (unpaired) electrons. The number of aryl methyl sites for hydroxylation is 3. The van der Waals surface area contributed by atoms with Crippen LogP contribution in [0.25, 0.3) is 21.3 Å². The zero-order chi connectivity index (χ0) is 17.4. The van der Waals surface area contributed by atoms with Gasteiger partial charge >= 0.3 is 5.97 Å². The summed E-state index contributed by atoms with van der Waals surface area (Å²) in [6, 6.07) is 6.08. The van der Waals surface area contributed by atoms with Crippen LogP contribution in [0.5, 0.6) is 0 Å². The molecule has 0 aliphatic heterocycles. The third-order valence-corrected chi connectivity index (χ3v) is 4.93. The van der Waals surface area contributed by atoms with Crippen molar-refractivity contribution in [3.8, 4) is 11.1 Å². The van der Waals surface area contributed by atoms with E-state index in [1.165, 1.54) is 15.9 Å². The summed E-state index contributed by atoms with van der Waals surface area (Å²) >= 11 is 1.42. The van der Waals surface area contributed by atoms with E-state index in [1.807, 2.05) is 38.3 Å². The predicted octanol–water partition coefficient (Wildman–Crippen LogP) is 3.39. The van der Waals surface area contributed by atoms with Gasteiger partial charge in [0, 0.05) is 17.4 Å². The van der Waals surface area contributed by atoms with Crippen molar-refractivity contribution in [3.63, 3.8) is 0 Å². The van der Waals surface area contributed by atoms with Gasteiger partial charge in [0.15, 0.2) is 0 Å². The highest BCUT2D eigenvalue weighted by Crippen LogP contribution is 2.33. The van der Waals surface area contributed by atoms with Crippen molar-refractivity contribution >= 4 is 27.5 Å². The van der Waals surface area contributed by atoms with Gasteiger partial charge in [-0.1, -0.05) is 30.7 Å². The fourth-order valence-corrected chi connectivity index (χ4v) is 3.90. The van der Waals surface area contributed by atoms with Crippen molar-refractivity contribution in [2.24, 2.45) is 0 Å². The maximum Gasteiger partial charge on any atom is 0.323 e. The molecule has 2 heterocycles. The lowest BCUT2D eigenvalue weighted by atomic mass is 9.99. The molecule has 0 saturated carbocycles. The van der Waals surface area contributed by atoms with Gasteiger partial charge in [0.25, 0.3) is 5.56 Å². The van der Waals surface area contributed by atoms with Gasteiger partial charge in [-0.2, -0.15) is 0 Å². The highest BCUT2D eigenvalue weighted by molar-refractivity contribution is 7.17. The van der Waals surface area contributed by atoms with Gasteiger partial charge in [-0.25, -0.2) is 4.98 Å². The number of fused-ring (bicyclic) bond motifs is 1. The third-order valence-electron chi connectivity index (χ3n) is 4.05. The van der Waals surface area contributed by atoms with Crippen LogP contribution < -0.4 is 5.56 Å². The summed E-state index contributed by atoms with van der Waals surface area (Å²) in [5.41, 5.74) is 3.77. The van der Waals surface area contributed by atoms with Crippen LogP contribution in [0, 0.1) is 13.8 Å². The van der Waals surface area contributed by atoms with Crippen LogP contribution in [-0.4, -0.2) is 20.6 Å².